The van der Waals surface area contributed by atoms with Crippen LogP contribution in [-0.4, -0.2) is 0 Å². The van der Waals surface area contributed by atoms with Gasteiger partial charge < -0.3 is 0 Å². The minimum absolute atomic E-state index is 0.552. The zero-order chi connectivity index (χ0) is 13.1. The van der Waals surface area contributed by atoms with Crippen molar-refractivity contribution in [3.05, 3.63) is 30.3 Å². The summed E-state index contributed by atoms with van der Waals surface area (Å²) in [5.41, 5.74) is 0. The van der Waals surface area contributed by atoms with E-state index in [2.05, 4.69) is 9.03 Å². The maximum absolute atomic E-state index is 8.00. The SMILES string of the molecule is N=P(Cl)(N=P(Cl)(Cl)N=[P+](Cl)Cl)c1ccccc1. The van der Waals surface area contributed by atoms with Gasteiger partial charge in [-0.15, -0.1) is 0 Å². The first-order chi connectivity index (χ1) is 7.73. The second kappa shape index (κ2) is 6.60. The van der Waals surface area contributed by atoms with Crippen LogP contribution in [0, 0.1) is 5.16 Å². The first-order valence-electron chi connectivity index (χ1n) is 4.00. The minimum Gasteiger partial charge on any atom is -0.280 e. The number of rotatable bonds is 3. The van der Waals surface area contributed by atoms with Gasteiger partial charge >= 0.3 is 12.3 Å². The predicted octanol–water partition coefficient (Wildman–Crippen LogP) is 7.56. The number of hydrogen-bond acceptors (Lipinski definition) is 1. The summed E-state index contributed by atoms with van der Waals surface area (Å²) in [5, 5.41) is 8.55. The molecule has 0 aliphatic carbocycles. The molecule has 0 spiro atoms. The van der Waals surface area contributed by atoms with Crippen molar-refractivity contribution < 1.29 is 0 Å². The maximum Gasteiger partial charge on any atom is 0.446 e. The number of nitrogens with zero attached hydrogens (tertiary/aromatic N) is 2. The number of benzene rings is 1. The van der Waals surface area contributed by atoms with Crippen LogP contribution >= 0.6 is 75.1 Å². The van der Waals surface area contributed by atoms with Crippen molar-refractivity contribution in [3.8, 4) is 0 Å². The summed E-state index contributed by atoms with van der Waals surface area (Å²) in [6.45, 7) is -3.04. The first-order valence-corrected chi connectivity index (χ1v) is 13.3. The van der Waals surface area contributed by atoms with Gasteiger partial charge in [0, 0.05) is 5.30 Å². The highest BCUT2D eigenvalue weighted by molar-refractivity contribution is 8.16. The fourth-order valence-corrected chi connectivity index (χ4v) is 12.1. The highest BCUT2D eigenvalue weighted by Crippen LogP contribution is 2.74. The average molecular weight is 390 g/mol. The lowest BCUT2D eigenvalue weighted by atomic mass is 10.4. The largest absolute Gasteiger partial charge is 0.446 e. The van der Waals surface area contributed by atoms with Crippen molar-refractivity contribution in [2.75, 3.05) is 0 Å². The van der Waals surface area contributed by atoms with Gasteiger partial charge in [0.1, 0.15) is 0 Å². The zero-order valence-electron chi connectivity index (χ0n) is 8.01. The molecule has 0 aliphatic heterocycles. The molecule has 0 aliphatic rings. The lowest BCUT2D eigenvalue weighted by Gasteiger charge is -2.10. The van der Waals surface area contributed by atoms with Gasteiger partial charge in [-0.2, -0.15) is 4.52 Å². The lowest BCUT2D eigenvalue weighted by Crippen LogP contribution is -1.95. The Labute approximate surface area is 124 Å². The highest BCUT2D eigenvalue weighted by Gasteiger charge is 2.25. The Hall–Kier alpha value is 1.23. The van der Waals surface area contributed by atoms with Crippen molar-refractivity contribution in [2.24, 2.45) is 9.03 Å². The molecule has 1 aromatic carbocycles. The number of hydrogen-bond donors (Lipinski definition) is 1. The van der Waals surface area contributed by atoms with Gasteiger partial charge in [-0.25, -0.2) is 0 Å². The minimum atomic E-state index is -3.10. The van der Waals surface area contributed by atoms with E-state index < -0.39 is 18.9 Å². The van der Waals surface area contributed by atoms with Gasteiger partial charge in [-0.1, -0.05) is 30.3 Å². The van der Waals surface area contributed by atoms with Gasteiger partial charge in [0.05, 0.1) is 0 Å². The van der Waals surface area contributed by atoms with Crippen LogP contribution in [0.1, 0.15) is 0 Å². The Morgan fingerprint density at radius 1 is 1.06 bits per heavy atom. The zero-order valence-corrected chi connectivity index (χ0v) is 14.5. The van der Waals surface area contributed by atoms with Crippen LogP contribution in [0.25, 0.3) is 0 Å². The summed E-state index contributed by atoms with van der Waals surface area (Å²) < 4.78 is 7.63. The molecule has 0 saturated heterocycles. The van der Waals surface area contributed by atoms with Crippen LogP contribution in [-0.2, 0) is 0 Å². The summed E-state index contributed by atoms with van der Waals surface area (Å²) in [5.74, 6) is -3.10. The molecule has 1 N–H and O–H groups in total. The lowest BCUT2D eigenvalue weighted by molar-refractivity contribution is 1.58. The Morgan fingerprint density at radius 2 is 1.59 bits per heavy atom. The molecule has 1 aromatic rings. The van der Waals surface area contributed by atoms with E-state index in [4.69, 9.17) is 61.4 Å². The van der Waals surface area contributed by atoms with E-state index in [1.54, 1.807) is 24.3 Å². The summed E-state index contributed by atoms with van der Waals surface area (Å²) in [6.07, 6.45) is -1.67. The molecule has 0 radical (unpaired) electrons. The molecule has 1 atom stereocenters. The van der Waals surface area contributed by atoms with E-state index in [1.165, 1.54) is 0 Å². The molecule has 0 fully saturated rings. The van der Waals surface area contributed by atoms with Gasteiger partial charge in [-0.05, 0) is 38.2 Å². The van der Waals surface area contributed by atoms with E-state index in [-0.39, 0.29) is 0 Å². The van der Waals surface area contributed by atoms with E-state index in [0.717, 1.165) is 0 Å². The molecule has 0 aromatic heterocycles. The fraction of sp³-hybridized carbons (Fsp3) is 0. The number of nitrogens with one attached hydrogen (secondary N) is 1. The van der Waals surface area contributed by atoms with Crippen molar-refractivity contribution in [1.82, 2.24) is 0 Å². The first kappa shape index (κ1) is 16.3. The van der Waals surface area contributed by atoms with Gasteiger partial charge in [-0.3, -0.25) is 5.16 Å². The van der Waals surface area contributed by atoms with Crippen molar-refractivity contribution in [2.45, 2.75) is 0 Å². The van der Waals surface area contributed by atoms with Crippen molar-refractivity contribution >= 4 is 80.4 Å². The van der Waals surface area contributed by atoms with Crippen LogP contribution < -0.4 is 5.30 Å². The molecule has 1 rings (SSSR count). The maximum atomic E-state index is 8.00. The molecular weight excluding hydrogens is 384 g/mol. The van der Waals surface area contributed by atoms with Gasteiger partial charge in [0.15, 0.2) is 6.56 Å². The third kappa shape index (κ3) is 5.81. The highest BCUT2D eigenvalue weighted by atomic mass is 35.9. The predicted molar refractivity (Wildman–Crippen MR) is 83.7 cm³/mol. The molecule has 0 saturated carbocycles. The second-order valence-electron chi connectivity index (χ2n) is 2.74. The normalized spacial score (nSPS) is 14.9. The fourth-order valence-electron chi connectivity index (χ4n) is 0.925. The summed E-state index contributed by atoms with van der Waals surface area (Å²) >= 11 is 28.8. The standard InChI is InChI=1S/C6H6Cl5N3P3/c7-15(8)13-17(10,11)14-16(9,12)6-4-2-1-3-5-6/h1-5,12H/q+1. The monoisotopic (exact) mass is 388 g/mol. The Bertz CT molecular complexity index is 521. The smallest absolute Gasteiger partial charge is 0.280 e. The topological polar surface area (TPSA) is 48.6 Å². The quantitative estimate of drug-likeness (QED) is 0.518. The third-order valence-corrected chi connectivity index (χ3v) is 10.6. The van der Waals surface area contributed by atoms with E-state index in [1.807, 2.05) is 6.07 Å². The van der Waals surface area contributed by atoms with E-state index in [9.17, 15) is 0 Å². The van der Waals surface area contributed by atoms with Crippen LogP contribution in [0.4, 0.5) is 0 Å². The molecule has 3 nitrogen and oxygen atoms in total. The van der Waals surface area contributed by atoms with Crippen LogP contribution in [0.15, 0.2) is 39.4 Å². The van der Waals surface area contributed by atoms with Crippen LogP contribution in [0.2, 0.25) is 0 Å². The van der Waals surface area contributed by atoms with E-state index in [0.29, 0.717) is 5.30 Å². The third-order valence-electron chi connectivity index (χ3n) is 1.50. The van der Waals surface area contributed by atoms with Crippen molar-refractivity contribution in [3.63, 3.8) is 0 Å². The number of halogens is 5. The molecular formula is C6H6Cl5N3P3+. The Balaban J connectivity index is 3.22. The Morgan fingerprint density at radius 3 is 2.06 bits per heavy atom. The van der Waals surface area contributed by atoms with E-state index >= 15 is 0 Å². The molecule has 0 heterocycles. The molecule has 17 heavy (non-hydrogen) atoms. The molecule has 0 amide bonds. The second-order valence-corrected chi connectivity index (χ2v) is 14.4. The summed E-state index contributed by atoms with van der Waals surface area (Å²) in [6, 6.07) is 8.70. The molecule has 0 bridgehead atoms. The molecule has 94 valence electrons. The molecule has 11 heteroatoms. The van der Waals surface area contributed by atoms with Crippen LogP contribution in [0.3, 0.4) is 0 Å². The van der Waals surface area contributed by atoms with Crippen LogP contribution in [0.5, 0.6) is 0 Å². The average Bonchev–Trinajstić information content (AvgIpc) is 2.15. The van der Waals surface area contributed by atoms with Gasteiger partial charge in [0.2, 0.25) is 22.5 Å². The molecule has 1 unspecified atom stereocenters. The summed E-state index contributed by atoms with van der Waals surface area (Å²) in [4.78, 5) is 0. The van der Waals surface area contributed by atoms with Crippen molar-refractivity contribution in [1.29, 1.82) is 5.16 Å². The Kier molecular flexibility index (Phi) is 6.32. The van der Waals surface area contributed by atoms with Gasteiger partial charge in [0.25, 0.3) is 0 Å². The summed E-state index contributed by atoms with van der Waals surface area (Å²) in [7, 11) is 0.